The summed E-state index contributed by atoms with van der Waals surface area (Å²) >= 11 is 0. The standard InChI is InChI=1S/C17H25NO3/c1-13(11-19)4-3-9-18-17(20)12-21-16-8-7-14-5-2-6-15(14)10-16/h7-8,10,13,19H,2-6,9,11-12H2,1H3,(H,18,20). The number of hydrogen-bond donors (Lipinski definition) is 2. The van der Waals surface area contributed by atoms with E-state index in [2.05, 4.69) is 17.4 Å². The molecule has 0 heterocycles. The third-order valence-electron chi connectivity index (χ3n) is 3.95. The average molecular weight is 291 g/mol. The van der Waals surface area contributed by atoms with E-state index in [9.17, 15) is 4.79 Å². The summed E-state index contributed by atoms with van der Waals surface area (Å²) in [4.78, 5) is 11.7. The van der Waals surface area contributed by atoms with Crippen LogP contribution >= 0.6 is 0 Å². The van der Waals surface area contributed by atoms with Crippen molar-refractivity contribution in [3.63, 3.8) is 0 Å². The molecule has 0 radical (unpaired) electrons. The van der Waals surface area contributed by atoms with Gasteiger partial charge in [-0.3, -0.25) is 4.79 Å². The van der Waals surface area contributed by atoms with E-state index >= 15 is 0 Å². The van der Waals surface area contributed by atoms with Gasteiger partial charge in [0.05, 0.1) is 0 Å². The summed E-state index contributed by atoms with van der Waals surface area (Å²) in [5.41, 5.74) is 2.76. The van der Waals surface area contributed by atoms with Crippen molar-refractivity contribution in [2.75, 3.05) is 19.8 Å². The minimum absolute atomic E-state index is 0.0638. The Morgan fingerprint density at radius 1 is 1.38 bits per heavy atom. The molecule has 1 aliphatic rings. The Morgan fingerprint density at radius 3 is 3.00 bits per heavy atom. The van der Waals surface area contributed by atoms with Crippen LogP contribution in [0.25, 0.3) is 0 Å². The predicted octanol–water partition coefficient (Wildman–Crippen LogP) is 2.08. The van der Waals surface area contributed by atoms with Gasteiger partial charge in [-0.15, -0.1) is 0 Å². The molecule has 0 saturated heterocycles. The zero-order valence-electron chi connectivity index (χ0n) is 12.7. The van der Waals surface area contributed by atoms with Gasteiger partial charge in [-0.25, -0.2) is 0 Å². The maximum atomic E-state index is 11.7. The van der Waals surface area contributed by atoms with Crippen LogP contribution in [0.3, 0.4) is 0 Å². The van der Waals surface area contributed by atoms with E-state index in [1.807, 2.05) is 13.0 Å². The number of ether oxygens (including phenoxy) is 1. The van der Waals surface area contributed by atoms with Crippen LogP contribution in [0.15, 0.2) is 18.2 Å². The van der Waals surface area contributed by atoms with E-state index in [-0.39, 0.29) is 19.1 Å². The number of carbonyl (C=O) groups is 1. The number of hydrogen-bond acceptors (Lipinski definition) is 3. The highest BCUT2D eigenvalue weighted by Gasteiger charge is 2.11. The molecule has 4 heteroatoms. The summed E-state index contributed by atoms with van der Waals surface area (Å²) in [5.74, 6) is 0.983. The van der Waals surface area contributed by atoms with E-state index in [0.717, 1.165) is 31.4 Å². The Morgan fingerprint density at radius 2 is 2.19 bits per heavy atom. The maximum absolute atomic E-state index is 11.7. The molecule has 0 aliphatic heterocycles. The molecule has 0 saturated carbocycles. The van der Waals surface area contributed by atoms with E-state index in [0.29, 0.717) is 12.5 Å². The number of aliphatic hydroxyl groups is 1. The summed E-state index contributed by atoms with van der Waals surface area (Å²) in [5, 5.41) is 11.8. The molecule has 21 heavy (non-hydrogen) atoms. The SMILES string of the molecule is CC(CO)CCCNC(=O)COc1ccc2c(c1)CCC2. The van der Waals surface area contributed by atoms with Crippen molar-refractivity contribution < 1.29 is 14.6 Å². The largest absolute Gasteiger partial charge is 0.484 e. The van der Waals surface area contributed by atoms with Crippen LogP contribution in [-0.2, 0) is 17.6 Å². The topological polar surface area (TPSA) is 58.6 Å². The van der Waals surface area contributed by atoms with Crippen molar-refractivity contribution in [3.05, 3.63) is 29.3 Å². The van der Waals surface area contributed by atoms with Crippen molar-refractivity contribution in [2.45, 2.75) is 39.0 Å². The van der Waals surface area contributed by atoms with Gasteiger partial charge in [-0.05, 0) is 61.3 Å². The molecule has 1 aromatic rings. The molecule has 0 bridgehead atoms. The zero-order valence-corrected chi connectivity index (χ0v) is 12.7. The highest BCUT2D eigenvalue weighted by Crippen LogP contribution is 2.25. The van der Waals surface area contributed by atoms with Crippen molar-refractivity contribution >= 4 is 5.91 Å². The number of benzene rings is 1. The van der Waals surface area contributed by atoms with Gasteiger partial charge in [0.2, 0.25) is 0 Å². The fourth-order valence-corrected chi connectivity index (χ4v) is 2.61. The fourth-order valence-electron chi connectivity index (χ4n) is 2.61. The number of aliphatic hydroxyl groups excluding tert-OH is 1. The van der Waals surface area contributed by atoms with Gasteiger partial charge >= 0.3 is 0 Å². The Labute approximate surface area is 126 Å². The molecule has 1 aromatic carbocycles. The fraction of sp³-hybridized carbons (Fsp3) is 0.588. The number of amides is 1. The third kappa shape index (κ3) is 5.05. The van der Waals surface area contributed by atoms with Gasteiger partial charge in [0.15, 0.2) is 6.61 Å². The first-order valence-corrected chi connectivity index (χ1v) is 7.81. The molecule has 1 aliphatic carbocycles. The number of carbonyl (C=O) groups excluding carboxylic acids is 1. The third-order valence-corrected chi connectivity index (χ3v) is 3.95. The second-order valence-electron chi connectivity index (χ2n) is 5.85. The first kappa shape index (κ1) is 15.8. The maximum Gasteiger partial charge on any atom is 0.257 e. The summed E-state index contributed by atoms with van der Waals surface area (Å²) in [7, 11) is 0. The monoisotopic (exact) mass is 291 g/mol. The molecule has 2 N–H and O–H groups in total. The molecule has 4 nitrogen and oxygen atoms in total. The molecule has 0 fully saturated rings. The Balaban J connectivity index is 1.65. The summed E-state index contributed by atoms with van der Waals surface area (Å²) < 4.78 is 5.54. The van der Waals surface area contributed by atoms with E-state index < -0.39 is 0 Å². The van der Waals surface area contributed by atoms with Gasteiger partial charge < -0.3 is 15.2 Å². The van der Waals surface area contributed by atoms with Crippen molar-refractivity contribution in [3.8, 4) is 5.75 Å². The number of rotatable bonds is 8. The van der Waals surface area contributed by atoms with Crippen LogP contribution in [0.1, 0.15) is 37.3 Å². The minimum Gasteiger partial charge on any atom is -0.484 e. The summed E-state index contributed by atoms with van der Waals surface area (Å²) in [6.45, 7) is 2.90. The van der Waals surface area contributed by atoms with Gasteiger partial charge in [0.1, 0.15) is 5.75 Å². The first-order valence-electron chi connectivity index (χ1n) is 7.81. The number of fused-ring (bicyclic) bond motifs is 1. The normalized spacial score (nSPS) is 14.6. The first-order chi connectivity index (χ1) is 10.2. The molecular weight excluding hydrogens is 266 g/mol. The second kappa shape index (κ2) is 8.03. The molecule has 1 unspecified atom stereocenters. The van der Waals surface area contributed by atoms with E-state index in [1.54, 1.807) is 0 Å². The predicted molar refractivity (Wildman–Crippen MR) is 82.5 cm³/mol. The Kier molecular flexibility index (Phi) is 6.05. The van der Waals surface area contributed by atoms with Crippen LogP contribution in [0.5, 0.6) is 5.75 Å². The quantitative estimate of drug-likeness (QED) is 0.721. The Bertz CT molecular complexity index is 473. The van der Waals surface area contributed by atoms with Crippen molar-refractivity contribution in [2.24, 2.45) is 5.92 Å². The number of aryl methyl sites for hydroxylation is 2. The summed E-state index contributed by atoms with van der Waals surface area (Å²) in [6, 6.07) is 6.10. The van der Waals surface area contributed by atoms with Gasteiger partial charge in [0.25, 0.3) is 5.91 Å². The molecular formula is C17H25NO3. The lowest BCUT2D eigenvalue weighted by molar-refractivity contribution is -0.123. The smallest absolute Gasteiger partial charge is 0.257 e. The van der Waals surface area contributed by atoms with Crippen LogP contribution in [0.4, 0.5) is 0 Å². The van der Waals surface area contributed by atoms with Crippen molar-refractivity contribution in [1.82, 2.24) is 5.32 Å². The molecule has 1 amide bonds. The molecule has 0 aromatic heterocycles. The highest BCUT2D eigenvalue weighted by atomic mass is 16.5. The van der Waals surface area contributed by atoms with Gasteiger partial charge in [-0.1, -0.05) is 13.0 Å². The highest BCUT2D eigenvalue weighted by molar-refractivity contribution is 5.77. The van der Waals surface area contributed by atoms with Gasteiger partial charge in [0, 0.05) is 13.2 Å². The van der Waals surface area contributed by atoms with Crippen LogP contribution in [-0.4, -0.2) is 30.8 Å². The minimum atomic E-state index is -0.0906. The molecule has 116 valence electrons. The lowest BCUT2D eigenvalue weighted by atomic mass is 10.1. The molecule has 1 atom stereocenters. The molecule has 0 spiro atoms. The Hall–Kier alpha value is -1.55. The van der Waals surface area contributed by atoms with Crippen LogP contribution in [0, 0.1) is 5.92 Å². The van der Waals surface area contributed by atoms with Gasteiger partial charge in [-0.2, -0.15) is 0 Å². The average Bonchev–Trinajstić information content (AvgIpc) is 2.96. The lowest BCUT2D eigenvalue weighted by Crippen LogP contribution is -2.30. The second-order valence-corrected chi connectivity index (χ2v) is 5.85. The van der Waals surface area contributed by atoms with Crippen molar-refractivity contribution in [1.29, 1.82) is 0 Å². The van der Waals surface area contributed by atoms with Crippen LogP contribution in [0.2, 0.25) is 0 Å². The van der Waals surface area contributed by atoms with E-state index in [4.69, 9.17) is 9.84 Å². The van der Waals surface area contributed by atoms with E-state index in [1.165, 1.54) is 17.5 Å². The summed E-state index contributed by atoms with van der Waals surface area (Å²) in [6.07, 6.45) is 5.28. The molecule has 2 rings (SSSR count). The zero-order chi connectivity index (χ0) is 15.1. The number of nitrogens with one attached hydrogen (secondary N) is 1. The van der Waals surface area contributed by atoms with Crippen LogP contribution < -0.4 is 10.1 Å². The lowest BCUT2D eigenvalue weighted by Gasteiger charge is -2.10.